The third kappa shape index (κ3) is 4.57. The summed E-state index contributed by atoms with van der Waals surface area (Å²) in [5.41, 5.74) is 2.35. The summed E-state index contributed by atoms with van der Waals surface area (Å²) in [7, 11) is -3.27. The molecule has 7 heteroatoms. The topological polar surface area (TPSA) is 89.0 Å². The van der Waals surface area contributed by atoms with Crippen molar-refractivity contribution in [2.45, 2.75) is 17.7 Å². The Hall–Kier alpha value is -3.06. The normalized spacial score (nSPS) is 12.4. The smallest absolute Gasteiger partial charge is 0.233 e. The van der Waals surface area contributed by atoms with Gasteiger partial charge in [-0.2, -0.15) is 0 Å². The summed E-state index contributed by atoms with van der Waals surface area (Å²) in [4.78, 5) is 21.2. The largest absolute Gasteiger partial charge is 0.294 e. The summed E-state index contributed by atoms with van der Waals surface area (Å²) in [6.07, 6.45) is 2.74. The Morgan fingerprint density at radius 2 is 1.67 bits per heavy atom. The van der Waals surface area contributed by atoms with Gasteiger partial charge in [-0.25, -0.2) is 18.4 Å². The molecule has 27 heavy (non-hydrogen) atoms. The molecule has 0 aliphatic heterocycles. The fourth-order valence-electron chi connectivity index (χ4n) is 2.56. The number of benzene rings is 2. The van der Waals surface area contributed by atoms with Gasteiger partial charge >= 0.3 is 0 Å². The van der Waals surface area contributed by atoms with Crippen LogP contribution in [0.3, 0.4) is 0 Å². The number of carbonyl (C=O) groups excluding carboxylic acids is 1. The van der Waals surface area contributed by atoms with E-state index in [2.05, 4.69) is 15.3 Å². The first-order valence-electron chi connectivity index (χ1n) is 8.34. The van der Waals surface area contributed by atoms with Gasteiger partial charge in [0.05, 0.1) is 16.5 Å². The van der Waals surface area contributed by atoms with Gasteiger partial charge in [-0.15, -0.1) is 0 Å². The lowest BCUT2D eigenvalue weighted by atomic mass is 10.0. The molecule has 0 radical (unpaired) electrons. The molecule has 0 aliphatic carbocycles. The first kappa shape index (κ1) is 18.7. The van der Waals surface area contributed by atoms with Crippen molar-refractivity contribution >= 4 is 21.7 Å². The van der Waals surface area contributed by atoms with Crippen molar-refractivity contribution < 1.29 is 13.2 Å². The molecular weight excluding hydrogens is 362 g/mol. The molecule has 1 unspecified atom stereocenters. The Morgan fingerprint density at radius 3 is 2.30 bits per heavy atom. The fraction of sp³-hybridized carbons (Fsp3) is 0.150. The second kappa shape index (κ2) is 7.67. The summed E-state index contributed by atoms with van der Waals surface area (Å²) in [5.74, 6) is -0.532. The highest BCUT2D eigenvalue weighted by molar-refractivity contribution is 7.90. The van der Waals surface area contributed by atoms with Crippen LogP contribution in [0.1, 0.15) is 18.4 Å². The highest BCUT2D eigenvalue weighted by atomic mass is 32.2. The standard InChI is InChI=1S/C20H19N3O3S/c1-14(15-8-10-17(11-9-15)27(2,25)26)19(24)23-20-21-13-12-18(22-20)16-6-4-3-5-7-16/h3-14H,1-2H3,(H,21,22,23,24). The van der Waals surface area contributed by atoms with Gasteiger partial charge < -0.3 is 0 Å². The third-order valence-electron chi connectivity index (χ3n) is 4.16. The summed E-state index contributed by atoms with van der Waals surface area (Å²) in [6.45, 7) is 1.74. The molecule has 0 fully saturated rings. The number of hydrogen-bond donors (Lipinski definition) is 1. The summed E-state index contributed by atoms with van der Waals surface area (Å²) in [5, 5.41) is 2.72. The zero-order chi connectivity index (χ0) is 19.4. The molecule has 0 spiro atoms. The number of rotatable bonds is 5. The third-order valence-corrected chi connectivity index (χ3v) is 5.29. The van der Waals surface area contributed by atoms with Crippen molar-refractivity contribution in [3.63, 3.8) is 0 Å². The maximum absolute atomic E-state index is 12.5. The van der Waals surface area contributed by atoms with Gasteiger partial charge in [0.15, 0.2) is 9.84 Å². The van der Waals surface area contributed by atoms with Crippen LogP contribution >= 0.6 is 0 Å². The molecule has 0 aliphatic rings. The summed E-state index contributed by atoms with van der Waals surface area (Å²) < 4.78 is 23.1. The van der Waals surface area contributed by atoms with Gasteiger partial charge in [-0.05, 0) is 30.7 Å². The van der Waals surface area contributed by atoms with Crippen molar-refractivity contribution in [1.29, 1.82) is 0 Å². The minimum Gasteiger partial charge on any atom is -0.294 e. The van der Waals surface area contributed by atoms with Gasteiger partial charge in [-0.3, -0.25) is 10.1 Å². The van der Waals surface area contributed by atoms with Crippen molar-refractivity contribution in [1.82, 2.24) is 9.97 Å². The number of carbonyl (C=O) groups is 1. The molecular formula is C20H19N3O3S. The van der Waals surface area contributed by atoms with E-state index >= 15 is 0 Å². The van der Waals surface area contributed by atoms with E-state index in [-0.39, 0.29) is 16.8 Å². The molecule has 0 saturated carbocycles. The molecule has 138 valence electrons. The lowest BCUT2D eigenvalue weighted by Gasteiger charge is -2.12. The van der Waals surface area contributed by atoms with Crippen LogP contribution in [0, 0.1) is 0 Å². The second-order valence-electron chi connectivity index (χ2n) is 6.18. The lowest BCUT2D eigenvalue weighted by Crippen LogP contribution is -2.20. The van der Waals surface area contributed by atoms with E-state index in [0.717, 1.165) is 11.8 Å². The first-order chi connectivity index (χ1) is 12.8. The minimum absolute atomic E-state index is 0.220. The molecule has 0 saturated heterocycles. The van der Waals surface area contributed by atoms with Crippen LogP contribution in [-0.2, 0) is 14.6 Å². The van der Waals surface area contributed by atoms with Crippen molar-refractivity contribution in [3.05, 3.63) is 72.4 Å². The van der Waals surface area contributed by atoms with Crippen LogP contribution in [0.4, 0.5) is 5.95 Å². The van der Waals surface area contributed by atoms with Gasteiger partial charge in [-0.1, -0.05) is 42.5 Å². The quantitative estimate of drug-likeness (QED) is 0.732. The van der Waals surface area contributed by atoms with Gasteiger partial charge in [0, 0.05) is 18.0 Å². The Labute approximate surface area is 158 Å². The Morgan fingerprint density at radius 1 is 1.00 bits per heavy atom. The average molecular weight is 381 g/mol. The zero-order valence-corrected chi connectivity index (χ0v) is 15.8. The Bertz CT molecular complexity index is 1050. The predicted octanol–water partition coefficient (Wildman–Crippen LogP) is 3.29. The Balaban J connectivity index is 1.75. The molecule has 1 atom stereocenters. The fourth-order valence-corrected chi connectivity index (χ4v) is 3.19. The van der Waals surface area contributed by atoms with Crippen LogP contribution in [0.2, 0.25) is 0 Å². The minimum atomic E-state index is -3.27. The van der Waals surface area contributed by atoms with E-state index < -0.39 is 15.8 Å². The first-order valence-corrected chi connectivity index (χ1v) is 10.2. The molecule has 1 aromatic heterocycles. The summed E-state index contributed by atoms with van der Waals surface area (Å²) in [6, 6.07) is 17.7. The number of nitrogens with one attached hydrogen (secondary N) is 1. The van der Waals surface area contributed by atoms with E-state index in [9.17, 15) is 13.2 Å². The number of aromatic nitrogens is 2. The van der Waals surface area contributed by atoms with Crippen LogP contribution < -0.4 is 5.32 Å². The zero-order valence-electron chi connectivity index (χ0n) is 15.0. The number of nitrogens with zero attached hydrogens (tertiary/aromatic N) is 2. The van der Waals surface area contributed by atoms with Crippen LogP contribution in [0.15, 0.2) is 71.8 Å². The van der Waals surface area contributed by atoms with Gasteiger partial charge in [0.2, 0.25) is 11.9 Å². The number of amides is 1. The summed E-state index contributed by atoms with van der Waals surface area (Å²) >= 11 is 0. The number of anilines is 1. The van der Waals surface area contributed by atoms with Gasteiger partial charge in [0.25, 0.3) is 0 Å². The van der Waals surface area contributed by atoms with Crippen molar-refractivity contribution in [2.75, 3.05) is 11.6 Å². The van der Waals surface area contributed by atoms with Crippen molar-refractivity contribution in [3.8, 4) is 11.3 Å². The predicted molar refractivity (Wildman–Crippen MR) is 104 cm³/mol. The van der Waals surface area contributed by atoms with E-state index in [0.29, 0.717) is 11.3 Å². The Kier molecular flexibility index (Phi) is 5.32. The molecule has 3 aromatic rings. The molecule has 3 rings (SSSR count). The maximum Gasteiger partial charge on any atom is 0.233 e. The number of sulfone groups is 1. The van der Waals surface area contributed by atoms with Gasteiger partial charge in [0.1, 0.15) is 0 Å². The number of hydrogen-bond acceptors (Lipinski definition) is 5. The maximum atomic E-state index is 12.5. The SMILES string of the molecule is CC(C(=O)Nc1nccc(-c2ccccc2)n1)c1ccc(S(C)(=O)=O)cc1. The molecule has 0 bridgehead atoms. The van der Waals surface area contributed by atoms with Crippen LogP contribution in [0.5, 0.6) is 0 Å². The van der Waals surface area contributed by atoms with E-state index in [4.69, 9.17) is 0 Å². The monoisotopic (exact) mass is 381 g/mol. The molecule has 2 aromatic carbocycles. The van der Waals surface area contributed by atoms with E-state index in [1.807, 2.05) is 30.3 Å². The highest BCUT2D eigenvalue weighted by Gasteiger charge is 2.17. The van der Waals surface area contributed by atoms with Crippen LogP contribution in [-0.4, -0.2) is 30.5 Å². The molecule has 6 nitrogen and oxygen atoms in total. The van der Waals surface area contributed by atoms with Crippen LogP contribution in [0.25, 0.3) is 11.3 Å². The van der Waals surface area contributed by atoms with E-state index in [1.54, 1.807) is 31.3 Å². The highest BCUT2D eigenvalue weighted by Crippen LogP contribution is 2.21. The molecule has 1 heterocycles. The second-order valence-corrected chi connectivity index (χ2v) is 8.20. The lowest BCUT2D eigenvalue weighted by molar-refractivity contribution is -0.117. The van der Waals surface area contributed by atoms with Crippen molar-refractivity contribution in [2.24, 2.45) is 0 Å². The molecule has 1 N–H and O–H groups in total. The molecule has 1 amide bonds. The van der Waals surface area contributed by atoms with E-state index in [1.165, 1.54) is 12.1 Å². The average Bonchev–Trinajstić information content (AvgIpc) is 2.67.